The SMILES string of the molecule is Cc1cc(C)c([C@H]2C(C#N)=C(N)Oc3ccc4ccccc4c32)c(C)c1. The van der Waals surface area contributed by atoms with Gasteiger partial charge >= 0.3 is 0 Å². The summed E-state index contributed by atoms with van der Waals surface area (Å²) in [6.07, 6.45) is 0. The number of fused-ring (bicyclic) bond motifs is 3. The van der Waals surface area contributed by atoms with E-state index in [1.54, 1.807) is 0 Å². The summed E-state index contributed by atoms with van der Waals surface area (Å²) < 4.78 is 5.83. The zero-order valence-corrected chi connectivity index (χ0v) is 15.1. The van der Waals surface area contributed by atoms with Crippen LogP contribution in [0.2, 0.25) is 0 Å². The predicted octanol–water partition coefficient (Wildman–Crippen LogP) is 4.98. The Balaban J connectivity index is 2.12. The lowest BCUT2D eigenvalue weighted by Crippen LogP contribution is -2.22. The summed E-state index contributed by atoms with van der Waals surface area (Å²) in [5.41, 5.74) is 12.3. The number of benzene rings is 3. The molecule has 0 saturated heterocycles. The highest BCUT2D eigenvalue weighted by Crippen LogP contribution is 2.47. The Bertz CT molecular complexity index is 1100. The minimum absolute atomic E-state index is 0.194. The summed E-state index contributed by atoms with van der Waals surface area (Å²) >= 11 is 0. The average Bonchev–Trinajstić information content (AvgIpc) is 2.60. The van der Waals surface area contributed by atoms with Gasteiger partial charge in [-0.25, -0.2) is 0 Å². The maximum Gasteiger partial charge on any atom is 0.205 e. The molecule has 0 saturated carbocycles. The van der Waals surface area contributed by atoms with Crippen molar-refractivity contribution in [2.45, 2.75) is 26.7 Å². The Labute approximate surface area is 153 Å². The van der Waals surface area contributed by atoms with Crippen LogP contribution in [-0.2, 0) is 0 Å². The second kappa shape index (κ2) is 5.93. The third kappa shape index (κ3) is 2.34. The van der Waals surface area contributed by atoms with E-state index in [9.17, 15) is 5.26 Å². The van der Waals surface area contributed by atoms with Gasteiger partial charge in [0.05, 0.1) is 5.92 Å². The van der Waals surface area contributed by atoms with Gasteiger partial charge in [0, 0.05) is 5.56 Å². The molecule has 0 aliphatic carbocycles. The van der Waals surface area contributed by atoms with Crippen molar-refractivity contribution < 1.29 is 4.74 Å². The zero-order valence-electron chi connectivity index (χ0n) is 15.1. The van der Waals surface area contributed by atoms with E-state index in [0.717, 1.165) is 38.8 Å². The van der Waals surface area contributed by atoms with E-state index in [4.69, 9.17) is 10.5 Å². The van der Waals surface area contributed by atoms with E-state index < -0.39 is 0 Å². The molecule has 3 aromatic carbocycles. The molecule has 1 atom stereocenters. The number of ether oxygens (including phenoxy) is 1. The van der Waals surface area contributed by atoms with Gasteiger partial charge in [-0.1, -0.05) is 48.0 Å². The van der Waals surface area contributed by atoms with Crippen molar-refractivity contribution >= 4 is 10.8 Å². The van der Waals surface area contributed by atoms with Gasteiger partial charge in [0.25, 0.3) is 0 Å². The summed E-state index contributed by atoms with van der Waals surface area (Å²) in [5.74, 6) is 0.694. The zero-order chi connectivity index (χ0) is 18.4. The maximum atomic E-state index is 9.86. The Morgan fingerprint density at radius 2 is 1.65 bits per heavy atom. The lowest BCUT2D eigenvalue weighted by Gasteiger charge is -2.30. The summed E-state index contributed by atoms with van der Waals surface area (Å²) in [6, 6.07) is 18.8. The summed E-state index contributed by atoms with van der Waals surface area (Å²) in [5, 5.41) is 12.1. The van der Waals surface area contributed by atoms with Crippen LogP contribution in [0.1, 0.15) is 33.7 Å². The van der Waals surface area contributed by atoms with E-state index >= 15 is 0 Å². The predicted molar refractivity (Wildman–Crippen MR) is 104 cm³/mol. The van der Waals surface area contributed by atoms with Gasteiger partial charge in [-0.15, -0.1) is 0 Å². The first kappa shape index (κ1) is 16.2. The minimum Gasteiger partial charge on any atom is -0.440 e. The first-order valence-corrected chi connectivity index (χ1v) is 8.68. The molecule has 3 nitrogen and oxygen atoms in total. The Morgan fingerprint density at radius 3 is 2.35 bits per heavy atom. The number of nitrogens with two attached hydrogens (primary N) is 1. The molecule has 4 rings (SSSR count). The highest BCUT2D eigenvalue weighted by molar-refractivity contribution is 5.90. The molecule has 128 valence electrons. The average molecular weight is 340 g/mol. The summed E-state index contributed by atoms with van der Waals surface area (Å²) in [7, 11) is 0. The molecule has 0 unspecified atom stereocenters. The Hall–Kier alpha value is -3.25. The molecular weight excluding hydrogens is 320 g/mol. The third-order valence-electron chi connectivity index (χ3n) is 5.14. The first-order chi connectivity index (χ1) is 12.5. The van der Waals surface area contributed by atoms with Gasteiger partial charge < -0.3 is 10.5 Å². The highest BCUT2D eigenvalue weighted by atomic mass is 16.5. The van der Waals surface area contributed by atoms with Crippen molar-refractivity contribution in [2.24, 2.45) is 5.73 Å². The highest BCUT2D eigenvalue weighted by Gasteiger charge is 2.33. The fourth-order valence-corrected chi connectivity index (χ4v) is 4.18. The van der Waals surface area contributed by atoms with E-state index in [1.165, 1.54) is 5.56 Å². The van der Waals surface area contributed by atoms with Gasteiger partial charge in [0.2, 0.25) is 5.88 Å². The molecule has 3 heteroatoms. The van der Waals surface area contributed by atoms with Gasteiger partial charge in [-0.05, 0) is 54.3 Å². The first-order valence-electron chi connectivity index (χ1n) is 8.68. The Morgan fingerprint density at radius 1 is 0.962 bits per heavy atom. The van der Waals surface area contributed by atoms with E-state index in [2.05, 4.69) is 51.1 Å². The van der Waals surface area contributed by atoms with Crippen molar-refractivity contribution in [3.8, 4) is 11.8 Å². The van der Waals surface area contributed by atoms with Crippen LogP contribution in [0.3, 0.4) is 0 Å². The lowest BCUT2D eigenvalue weighted by molar-refractivity contribution is 0.395. The monoisotopic (exact) mass is 340 g/mol. The molecule has 0 spiro atoms. The number of hydrogen-bond acceptors (Lipinski definition) is 3. The second-order valence-electron chi connectivity index (χ2n) is 6.94. The second-order valence-corrected chi connectivity index (χ2v) is 6.94. The topological polar surface area (TPSA) is 59.0 Å². The van der Waals surface area contributed by atoms with Crippen molar-refractivity contribution in [1.29, 1.82) is 5.26 Å². The molecule has 0 fully saturated rings. The fourth-order valence-electron chi connectivity index (χ4n) is 4.18. The number of nitriles is 1. The molecule has 1 aliphatic heterocycles. The lowest BCUT2D eigenvalue weighted by atomic mass is 9.77. The molecule has 26 heavy (non-hydrogen) atoms. The van der Waals surface area contributed by atoms with Crippen molar-refractivity contribution in [3.63, 3.8) is 0 Å². The largest absolute Gasteiger partial charge is 0.440 e. The molecular formula is C23H20N2O. The quantitative estimate of drug-likeness (QED) is 0.679. The normalized spacial score (nSPS) is 16.2. The van der Waals surface area contributed by atoms with Crippen LogP contribution in [0.4, 0.5) is 0 Å². The van der Waals surface area contributed by atoms with Crippen LogP contribution >= 0.6 is 0 Å². The molecule has 0 aromatic heterocycles. The Kier molecular flexibility index (Phi) is 3.70. The number of allylic oxidation sites excluding steroid dienone is 1. The summed E-state index contributed by atoms with van der Waals surface area (Å²) in [6.45, 7) is 6.29. The van der Waals surface area contributed by atoms with Gasteiger partial charge in [-0.3, -0.25) is 0 Å². The van der Waals surface area contributed by atoms with Crippen molar-refractivity contribution in [3.05, 3.63) is 87.8 Å². The van der Waals surface area contributed by atoms with Crippen LogP contribution in [0.15, 0.2) is 60.0 Å². The smallest absolute Gasteiger partial charge is 0.205 e. The van der Waals surface area contributed by atoms with Crippen LogP contribution in [-0.4, -0.2) is 0 Å². The van der Waals surface area contributed by atoms with Gasteiger partial charge in [0.15, 0.2) is 0 Å². The number of hydrogen-bond donors (Lipinski definition) is 1. The van der Waals surface area contributed by atoms with Gasteiger partial charge in [0.1, 0.15) is 17.4 Å². The molecule has 0 amide bonds. The van der Waals surface area contributed by atoms with Crippen molar-refractivity contribution in [1.82, 2.24) is 0 Å². The van der Waals surface area contributed by atoms with Crippen molar-refractivity contribution in [2.75, 3.05) is 0 Å². The number of rotatable bonds is 1. The molecule has 2 N–H and O–H groups in total. The van der Waals surface area contributed by atoms with Crippen LogP contribution in [0, 0.1) is 32.1 Å². The molecule has 0 radical (unpaired) electrons. The van der Waals surface area contributed by atoms with E-state index in [-0.39, 0.29) is 11.8 Å². The third-order valence-corrected chi connectivity index (χ3v) is 5.14. The molecule has 1 aliphatic rings. The van der Waals surface area contributed by atoms with Crippen LogP contribution < -0.4 is 10.5 Å². The van der Waals surface area contributed by atoms with E-state index in [0.29, 0.717) is 5.57 Å². The molecule has 3 aromatic rings. The van der Waals surface area contributed by atoms with Gasteiger partial charge in [-0.2, -0.15) is 5.26 Å². The number of nitrogens with zero attached hydrogens (tertiary/aromatic N) is 1. The fraction of sp³-hybridized carbons (Fsp3) is 0.174. The number of aryl methyl sites for hydroxylation is 3. The van der Waals surface area contributed by atoms with E-state index in [1.807, 2.05) is 24.3 Å². The van der Waals surface area contributed by atoms with Crippen LogP contribution in [0.25, 0.3) is 10.8 Å². The molecule has 0 bridgehead atoms. The molecule has 1 heterocycles. The summed E-state index contributed by atoms with van der Waals surface area (Å²) in [4.78, 5) is 0. The minimum atomic E-state index is -0.226. The van der Waals surface area contributed by atoms with Crippen LogP contribution in [0.5, 0.6) is 5.75 Å². The maximum absolute atomic E-state index is 9.86. The standard InChI is InChI=1S/C23H20N2O/c1-13-10-14(2)20(15(3)11-13)22-18(12-24)23(25)26-19-9-8-16-6-4-5-7-17(16)21(19)22/h4-11,22H,25H2,1-3H3/t22-/m1/s1.